The standard InChI is InChI=1S/C22H24ClN7O/c23-20-15(3-4-18-17(20)11-29(28-18)5-6-31)16-9-26-22-21(16)25-10-19(27-22)30-13-1-2-14(30)8-12(24)7-13/h3-4,9-14,31H,1-2,5-8,24H2,(H,26,27)/t12-,13+,14-. The zero-order valence-corrected chi connectivity index (χ0v) is 17.8. The van der Waals surface area contributed by atoms with Crippen molar-refractivity contribution in [1.82, 2.24) is 24.7 Å². The summed E-state index contributed by atoms with van der Waals surface area (Å²) in [6.45, 7) is 0.467. The number of H-pyrrole nitrogens is 1. The lowest BCUT2D eigenvalue weighted by Crippen LogP contribution is -2.47. The van der Waals surface area contributed by atoms with E-state index >= 15 is 0 Å². The fraction of sp³-hybridized carbons (Fsp3) is 0.409. The van der Waals surface area contributed by atoms with E-state index < -0.39 is 0 Å². The van der Waals surface area contributed by atoms with Crippen molar-refractivity contribution < 1.29 is 5.11 Å². The first-order valence-corrected chi connectivity index (χ1v) is 11.1. The van der Waals surface area contributed by atoms with Gasteiger partial charge >= 0.3 is 0 Å². The van der Waals surface area contributed by atoms with Gasteiger partial charge in [-0.2, -0.15) is 5.10 Å². The van der Waals surface area contributed by atoms with E-state index in [1.54, 1.807) is 4.68 Å². The highest BCUT2D eigenvalue weighted by atomic mass is 35.5. The van der Waals surface area contributed by atoms with Gasteiger partial charge in [0.05, 0.1) is 29.9 Å². The lowest BCUT2D eigenvalue weighted by atomic mass is 9.98. The Kier molecular flexibility index (Phi) is 4.41. The number of nitrogens with two attached hydrogens (primary N) is 1. The zero-order valence-electron chi connectivity index (χ0n) is 17.0. The first kappa shape index (κ1) is 19.0. The van der Waals surface area contributed by atoms with Gasteiger partial charge in [-0.3, -0.25) is 4.68 Å². The SMILES string of the molecule is N[C@H]1C[C@H]2CC[C@@H](C1)N2c1cnc2c(-c3ccc4nn(CCO)cc4c3Cl)c[nH]c2n1. The third-order valence-electron chi connectivity index (χ3n) is 6.69. The Morgan fingerprint density at radius 3 is 2.77 bits per heavy atom. The maximum absolute atomic E-state index is 9.18. The summed E-state index contributed by atoms with van der Waals surface area (Å²) in [6.07, 6.45) is 10.1. The number of aromatic amines is 1. The molecule has 4 N–H and O–H groups in total. The van der Waals surface area contributed by atoms with E-state index in [-0.39, 0.29) is 6.61 Å². The van der Waals surface area contributed by atoms with Crippen LogP contribution in [0.5, 0.6) is 0 Å². The van der Waals surface area contributed by atoms with E-state index in [9.17, 15) is 5.11 Å². The summed E-state index contributed by atoms with van der Waals surface area (Å²) in [7, 11) is 0. The molecule has 4 aromatic rings. The average Bonchev–Trinajstić information content (AvgIpc) is 3.43. The number of nitrogens with one attached hydrogen (secondary N) is 1. The van der Waals surface area contributed by atoms with E-state index in [1.807, 2.05) is 30.7 Å². The predicted octanol–water partition coefficient (Wildman–Crippen LogP) is 3.08. The largest absolute Gasteiger partial charge is 0.394 e. The molecule has 1 aromatic carbocycles. The Morgan fingerprint density at radius 1 is 1.19 bits per heavy atom. The van der Waals surface area contributed by atoms with Crippen LogP contribution >= 0.6 is 11.6 Å². The summed E-state index contributed by atoms with van der Waals surface area (Å²) >= 11 is 6.76. The monoisotopic (exact) mass is 437 g/mol. The van der Waals surface area contributed by atoms with Gasteiger partial charge in [0, 0.05) is 47.0 Å². The molecule has 8 nitrogen and oxygen atoms in total. The van der Waals surface area contributed by atoms with Crippen LogP contribution in [0.1, 0.15) is 25.7 Å². The van der Waals surface area contributed by atoms with Gasteiger partial charge in [-0.1, -0.05) is 17.7 Å². The van der Waals surface area contributed by atoms with Crippen LogP contribution in [0.4, 0.5) is 5.82 Å². The van der Waals surface area contributed by atoms with Gasteiger partial charge in [0.1, 0.15) is 11.3 Å². The lowest BCUT2D eigenvalue weighted by Gasteiger charge is -2.38. The fourth-order valence-corrected chi connectivity index (χ4v) is 5.65. The second-order valence-electron chi connectivity index (χ2n) is 8.63. The minimum absolute atomic E-state index is 0.0313. The second-order valence-corrected chi connectivity index (χ2v) is 9.01. The normalized spacial score (nSPS) is 23.3. The summed E-state index contributed by atoms with van der Waals surface area (Å²) in [5.41, 5.74) is 10.4. The highest BCUT2D eigenvalue weighted by molar-refractivity contribution is 6.38. The number of anilines is 1. The summed E-state index contributed by atoms with van der Waals surface area (Å²) in [4.78, 5) is 15.4. The molecule has 9 heteroatoms. The van der Waals surface area contributed by atoms with Crippen molar-refractivity contribution in [3.8, 4) is 11.1 Å². The van der Waals surface area contributed by atoms with Gasteiger partial charge in [-0.15, -0.1) is 0 Å². The Hall–Kier alpha value is -2.68. The number of halogens is 1. The minimum Gasteiger partial charge on any atom is -0.394 e. The van der Waals surface area contributed by atoms with Crippen LogP contribution in [0.25, 0.3) is 33.2 Å². The summed E-state index contributed by atoms with van der Waals surface area (Å²) in [6, 6.07) is 5.12. The minimum atomic E-state index is 0.0313. The molecule has 160 valence electrons. The van der Waals surface area contributed by atoms with E-state index in [2.05, 4.69) is 15.0 Å². The zero-order chi connectivity index (χ0) is 21.1. The molecule has 0 radical (unpaired) electrons. The highest BCUT2D eigenvalue weighted by Gasteiger charge is 2.40. The number of nitrogens with zero attached hydrogens (tertiary/aromatic N) is 5. The van der Waals surface area contributed by atoms with Gasteiger partial charge < -0.3 is 20.7 Å². The molecule has 2 aliphatic rings. The molecule has 3 atom stereocenters. The van der Waals surface area contributed by atoms with Gasteiger partial charge in [0.2, 0.25) is 0 Å². The number of piperidine rings is 1. The predicted molar refractivity (Wildman–Crippen MR) is 121 cm³/mol. The second kappa shape index (κ2) is 7.19. The number of benzene rings is 1. The summed E-state index contributed by atoms with van der Waals surface area (Å²) in [5.74, 6) is 0.923. The highest BCUT2D eigenvalue weighted by Crippen LogP contribution is 2.40. The van der Waals surface area contributed by atoms with E-state index in [4.69, 9.17) is 27.3 Å². The molecule has 0 spiro atoms. The Balaban J connectivity index is 1.39. The van der Waals surface area contributed by atoms with Gasteiger partial charge in [-0.05, 0) is 31.7 Å². The van der Waals surface area contributed by atoms with Crippen molar-refractivity contribution in [2.24, 2.45) is 5.73 Å². The van der Waals surface area contributed by atoms with Crippen molar-refractivity contribution in [3.63, 3.8) is 0 Å². The molecule has 3 aromatic heterocycles. The van der Waals surface area contributed by atoms with Crippen molar-refractivity contribution >= 4 is 39.5 Å². The summed E-state index contributed by atoms with van der Waals surface area (Å²) < 4.78 is 1.71. The van der Waals surface area contributed by atoms with E-state index in [1.165, 1.54) is 12.8 Å². The van der Waals surface area contributed by atoms with Crippen LogP contribution in [0.2, 0.25) is 5.02 Å². The van der Waals surface area contributed by atoms with E-state index in [0.29, 0.717) is 29.7 Å². The average molecular weight is 438 g/mol. The first-order valence-electron chi connectivity index (χ1n) is 10.8. The Labute approximate surface area is 184 Å². The molecule has 31 heavy (non-hydrogen) atoms. The third kappa shape index (κ3) is 3.01. The molecule has 0 amide bonds. The van der Waals surface area contributed by atoms with Crippen molar-refractivity contribution in [1.29, 1.82) is 0 Å². The Bertz CT molecular complexity index is 1270. The topological polar surface area (TPSA) is 109 Å². The number of rotatable bonds is 4. The first-order chi connectivity index (χ1) is 15.1. The number of fused-ring (bicyclic) bond motifs is 4. The number of aromatic nitrogens is 5. The molecule has 2 aliphatic heterocycles. The molecule has 2 fully saturated rings. The van der Waals surface area contributed by atoms with Crippen LogP contribution < -0.4 is 10.6 Å². The molecule has 0 aliphatic carbocycles. The molecule has 0 unspecified atom stereocenters. The number of aliphatic hydroxyl groups is 1. The van der Waals surface area contributed by atoms with Gasteiger partial charge in [-0.25, -0.2) is 9.97 Å². The third-order valence-corrected chi connectivity index (χ3v) is 7.10. The number of hydrogen-bond donors (Lipinski definition) is 3. The van der Waals surface area contributed by atoms with Crippen LogP contribution in [0, 0.1) is 0 Å². The maximum Gasteiger partial charge on any atom is 0.159 e. The molecular weight excluding hydrogens is 414 g/mol. The van der Waals surface area contributed by atoms with Crippen LogP contribution in [0.15, 0.2) is 30.7 Å². The van der Waals surface area contributed by atoms with Crippen molar-refractivity contribution in [2.75, 3.05) is 11.5 Å². The fourth-order valence-electron chi connectivity index (χ4n) is 5.34. The van der Waals surface area contributed by atoms with Gasteiger partial charge in [0.25, 0.3) is 0 Å². The number of hydrogen-bond acceptors (Lipinski definition) is 6. The van der Waals surface area contributed by atoms with Crippen LogP contribution in [0.3, 0.4) is 0 Å². The number of aliphatic hydroxyl groups excluding tert-OH is 1. The molecule has 2 bridgehead atoms. The smallest absolute Gasteiger partial charge is 0.159 e. The van der Waals surface area contributed by atoms with Crippen molar-refractivity contribution in [2.45, 2.75) is 50.4 Å². The molecule has 5 heterocycles. The quantitative estimate of drug-likeness (QED) is 0.452. The van der Waals surface area contributed by atoms with Gasteiger partial charge in [0.15, 0.2) is 5.65 Å². The van der Waals surface area contributed by atoms with Crippen LogP contribution in [-0.2, 0) is 6.54 Å². The molecule has 6 rings (SSSR count). The maximum atomic E-state index is 9.18. The molecular formula is C22H24ClN7O. The van der Waals surface area contributed by atoms with E-state index in [0.717, 1.165) is 51.9 Å². The van der Waals surface area contributed by atoms with Crippen molar-refractivity contribution in [3.05, 3.63) is 35.7 Å². The Morgan fingerprint density at radius 2 is 2.00 bits per heavy atom. The summed E-state index contributed by atoms with van der Waals surface area (Å²) in [5, 5.41) is 15.1. The lowest BCUT2D eigenvalue weighted by molar-refractivity contribution is 0.270. The molecule has 2 saturated heterocycles. The molecule has 0 saturated carbocycles. The van der Waals surface area contributed by atoms with Crippen LogP contribution in [-0.4, -0.2) is 54.6 Å².